The molecule has 1 amide bonds. The first-order valence-electron chi connectivity index (χ1n) is 7.57. The third kappa shape index (κ3) is 3.35. The van der Waals surface area contributed by atoms with Crippen LogP contribution < -0.4 is 5.32 Å². The number of rotatable bonds is 3. The Morgan fingerprint density at radius 1 is 1.38 bits per heavy atom. The van der Waals surface area contributed by atoms with Crippen molar-refractivity contribution < 1.29 is 24.1 Å². The van der Waals surface area contributed by atoms with Crippen LogP contribution in [-0.4, -0.2) is 48.2 Å². The summed E-state index contributed by atoms with van der Waals surface area (Å²) < 4.78 is 17.1. The zero-order valence-electron chi connectivity index (χ0n) is 13.0. The molecule has 2 fully saturated rings. The van der Waals surface area contributed by atoms with Crippen LogP contribution in [-0.2, 0) is 19.0 Å². The molecule has 2 heterocycles. The Balaban J connectivity index is 1.79. The van der Waals surface area contributed by atoms with Crippen molar-refractivity contribution in [2.75, 3.05) is 6.61 Å². The number of amides is 1. The molecule has 1 aromatic carbocycles. The molecular weight excluding hydrogens is 316 g/mol. The van der Waals surface area contributed by atoms with Crippen molar-refractivity contribution in [2.24, 2.45) is 5.11 Å². The minimum atomic E-state index is -1.10. The highest BCUT2D eigenvalue weighted by Crippen LogP contribution is 2.34. The number of aliphatic hydroxyl groups excluding tert-OH is 1. The van der Waals surface area contributed by atoms with Gasteiger partial charge in [-0.25, -0.2) is 0 Å². The Morgan fingerprint density at radius 3 is 2.79 bits per heavy atom. The average molecular weight is 334 g/mol. The number of fused-ring (bicyclic) bond motifs is 1. The number of nitrogens with zero attached hydrogens (tertiary/aromatic N) is 3. The molecule has 0 spiro atoms. The summed E-state index contributed by atoms with van der Waals surface area (Å²) in [6, 6.07) is 8.42. The van der Waals surface area contributed by atoms with Crippen LogP contribution in [0.1, 0.15) is 18.8 Å². The summed E-state index contributed by atoms with van der Waals surface area (Å²) in [6.45, 7) is 1.48. The molecule has 3 rings (SSSR count). The summed E-state index contributed by atoms with van der Waals surface area (Å²) >= 11 is 0. The van der Waals surface area contributed by atoms with Gasteiger partial charge in [0, 0.05) is 17.4 Å². The Labute approximate surface area is 138 Å². The van der Waals surface area contributed by atoms with Crippen LogP contribution >= 0.6 is 0 Å². The first-order chi connectivity index (χ1) is 11.6. The Kier molecular flexibility index (Phi) is 4.98. The Morgan fingerprint density at radius 2 is 2.12 bits per heavy atom. The van der Waals surface area contributed by atoms with E-state index in [0.717, 1.165) is 5.56 Å². The highest BCUT2D eigenvalue weighted by atomic mass is 16.7. The maximum atomic E-state index is 11.4. The molecule has 0 radical (unpaired) electrons. The quantitative estimate of drug-likeness (QED) is 0.484. The number of hydrogen-bond acceptors (Lipinski definition) is 6. The third-order valence-corrected chi connectivity index (χ3v) is 3.99. The van der Waals surface area contributed by atoms with Gasteiger partial charge < -0.3 is 24.6 Å². The molecule has 24 heavy (non-hydrogen) atoms. The molecule has 2 unspecified atom stereocenters. The fraction of sp³-hybridized carbons (Fsp3) is 0.533. The normalized spacial score (nSPS) is 35.4. The summed E-state index contributed by atoms with van der Waals surface area (Å²) in [5.41, 5.74) is 9.48. The van der Waals surface area contributed by atoms with Crippen molar-refractivity contribution in [3.8, 4) is 0 Å². The van der Waals surface area contributed by atoms with Gasteiger partial charge in [-0.3, -0.25) is 4.79 Å². The van der Waals surface area contributed by atoms with Crippen molar-refractivity contribution in [2.45, 2.75) is 43.8 Å². The van der Waals surface area contributed by atoms with E-state index in [4.69, 9.17) is 19.7 Å². The molecule has 1 aromatic rings. The van der Waals surface area contributed by atoms with Crippen LogP contribution in [0.25, 0.3) is 10.4 Å². The molecule has 2 aliphatic rings. The molecule has 0 bridgehead atoms. The predicted molar refractivity (Wildman–Crippen MR) is 81.4 cm³/mol. The van der Waals surface area contributed by atoms with Crippen LogP contribution in [0.5, 0.6) is 0 Å². The zero-order chi connectivity index (χ0) is 17.1. The Bertz CT molecular complexity index is 636. The van der Waals surface area contributed by atoms with Crippen molar-refractivity contribution in [3.05, 3.63) is 46.3 Å². The van der Waals surface area contributed by atoms with E-state index >= 15 is 0 Å². The molecule has 9 nitrogen and oxygen atoms in total. The summed E-state index contributed by atoms with van der Waals surface area (Å²) in [4.78, 5) is 14.1. The van der Waals surface area contributed by atoms with Gasteiger partial charge in [-0.2, -0.15) is 0 Å². The number of benzene rings is 1. The van der Waals surface area contributed by atoms with E-state index in [2.05, 4.69) is 15.3 Å². The minimum Gasteiger partial charge on any atom is -0.388 e. The monoisotopic (exact) mass is 334 g/mol. The fourth-order valence-corrected chi connectivity index (χ4v) is 2.93. The van der Waals surface area contributed by atoms with E-state index in [1.54, 1.807) is 0 Å². The van der Waals surface area contributed by atoms with E-state index in [-0.39, 0.29) is 12.5 Å². The summed E-state index contributed by atoms with van der Waals surface area (Å²) in [6.07, 6.45) is -4.08. The summed E-state index contributed by atoms with van der Waals surface area (Å²) in [5.74, 6) is -0.370. The number of azide groups is 1. The van der Waals surface area contributed by atoms with E-state index in [9.17, 15) is 9.90 Å². The van der Waals surface area contributed by atoms with Crippen LogP contribution in [0.2, 0.25) is 0 Å². The molecule has 0 saturated carbocycles. The lowest BCUT2D eigenvalue weighted by atomic mass is 9.95. The summed E-state index contributed by atoms with van der Waals surface area (Å²) in [7, 11) is 0. The molecule has 6 atom stereocenters. The van der Waals surface area contributed by atoms with E-state index < -0.39 is 36.9 Å². The summed E-state index contributed by atoms with van der Waals surface area (Å²) in [5, 5.41) is 16.7. The highest BCUT2D eigenvalue weighted by molar-refractivity contribution is 5.73. The van der Waals surface area contributed by atoms with Crippen LogP contribution in [0.15, 0.2) is 35.4 Å². The fourth-order valence-electron chi connectivity index (χ4n) is 2.93. The van der Waals surface area contributed by atoms with Gasteiger partial charge in [0.2, 0.25) is 5.91 Å². The third-order valence-electron chi connectivity index (χ3n) is 3.99. The van der Waals surface area contributed by atoms with Gasteiger partial charge in [-0.05, 0) is 5.53 Å². The Hall–Kier alpha value is -2.16. The van der Waals surface area contributed by atoms with Gasteiger partial charge in [-0.1, -0.05) is 35.4 Å². The zero-order valence-corrected chi connectivity index (χ0v) is 13.0. The number of nitrogens with one attached hydrogen (secondary N) is 1. The van der Waals surface area contributed by atoms with Crippen molar-refractivity contribution in [1.29, 1.82) is 0 Å². The molecule has 2 saturated heterocycles. The van der Waals surface area contributed by atoms with Crippen molar-refractivity contribution in [3.63, 3.8) is 0 Å². The average Bonchev–Trinajstić information content (AvgIpc) is 2.59. The number of carbonyl (C=O) groups is 1. The van der Waals surface area contributed by atoms with Crippen molar-refractivity contribution in [1.82, 2.24) is 5.32 Å². The lowest BCUT2D eigenvalue weighted by molar-refractivity contribution is -0.314. The largest absolute Gasteiger partial charge is 0.388 e. The number of aliphatic hydroxyl groups is 1. The molecule has 2 N–H and O–H groups in total. The maximum absolute atomic E-state index is 11.4. The van der Waals surface area contributed by atoms with Gasteiger partial charge in [0.05, 0.1) is 12.6 Å². The first kappa shape index (κ1) is 16.7. The molecule has 9 heteroatoms. The highest BCUT2D eigenvalue weighted by Gasteiger charge is 2.49. The van der Waals surface area contributed by atoms with Gasteiger partial charge in [0.1, 0.15) is 18.3 Å². The second-order valence-corrected chi connectivity index (χ2v) is 5.66. The molecule has 128 valence electrons. The molecular formula is C15H18N4O5. The van der Waals surface area contributed by atoms with Crippen molar-refractivity contribution >= 4 is 5.91 Å². The minimum absolute atomic E-state index is 0.172. The van der Waals surface area contributed by atoms with E-state index in [1.165, 1.54) is 6.92 Å². The van der Waals surface area contributed by atoms with E-state index in [1.807, 2.05) is 30.3 Å². The molecule has 0 aliphatic carbocycles. The SMILES string of the molecule is CC(=O)N[C@H]1C(N=[N+]=[N-])O[C@@H]2COC(c3ccccc3)O[C@H]2[C@@H]1O. The molecule has 2 aliphatic heterocycles. The lowest BCUT2D eigenvalue weighted by Gasteiger charge is -2.47. The second kappa shape index (κ2) is 7.16. The van der Waals surface area contributed by atoms with Gasteiger partial charge >= 0.3 is 0 Å². The lowest BCUT2D eigenvalue weighted by Crippen LogP contribution is -2.65. The number of carbonyl (C=O) groups excluding carboxylic acids is 1. The number of hydrogen-bond donors (Lipinski definition) is 2. The second-order valence-electron chi connectivity index (χ2n) is 5.66. The van der Waals surface area contributed by atoms with Crippen LogP contribution in [0.4, 0.5) is 0 Å². The first-order valence-corrected chi connectivity index (χ1v) is 7.57. The van der Waals surface area contributed by atoms with Crippen LogP contribution in [0.3, 0.4) is 0 Å². The van der Waals surface area contributed by atoms with Crippen LogP contribution in [0, 0.1) is 0 Å². The predicted octanol–water partition coefficient (Wildman–Crippen LogP) is 1.00. The topological polar surface area (TPSA) is 126 Å². The molecule has 0 aromatic heterocycles. The smallest absolute Gasteiger partial charge is 0.217 e. The van der Waals surface area contributed by atoms with E-state index in [0.29, 0.717) is 0 Å². The van der Waals surface area contributed by atoms with Gasteiger partial charge in [0.25, 0.3) is 0 Å². The van der Waals surface area contributed by atoms with Gasteiger partial charge in [-0.15, -0.1) is 0 Å². The standard InChI is InChI=1S/C15H18N4O5/c1-8(20)17-11-12(21)13-10(23-14(11)18-19-16)7-22-15(24-13)9-5-3-2-4-6-9/h2-6,10-15,21H,7H2,1H3,(H,17,20)/t10-,11-,12-,13-,14?,15?/m1/s1. The van der Waals surface area contributed by atoms with Gasteiger partial charge in [0.15, 0.2) is 12.5 Å². The maximum Gasteiger partial charge on any atom is 0.217 e. The number of ether oxygens (including phenoxy) is 3.